The summed E-state index contributed by atoms with van der Waals surface area (Å²) in [6.45, 7) is 4.66. The topological polar surface area (TPSA) is 58.4 Å². The fourth-order valence-corrected chi connectivity index (χ4v) is 2.42. The fraction of sp³-hybridized carbons (Fsp3) is 0.900. The first-order chi connectivity index (χ1) is 6.68. The lowest BCUT2D eigenvalue weighted by Gasteiger charge is -2.22. The largest absolute Gasteiger partial charge is 0.341 e. The molecule has 2 unspecified atom stereocenters. The van der Waals surface area contributed by atoms with Gasteiger partial charge in [-0.2, -0.15) is 0 Å². The molecule has 2 aliphatic rings. The molecule has 0 aliphatic carbocycles. The molecule has 4 nitrogen and oxygen atoms in total. The van der Waals surface area contributed by atoms with Crippen LogP contribution in [0.15, 0.2) is 0 Å². The second-order valence-electron chi connectivity index (χ2n) is 4.47. The van der Waals surface area contributed by atoms with Crippen LogP contribution < -0.4 is 11.1 Å². The number of carbonyl (C=O) groups is 1. The van der Waals surface area contributed by atoms with Crippen molar-refractivity contribution in [1.29, 1.82) is 0 Å². The summed E-state index contributed by atoms with van der Waals surface area (Å²) in [7, 11) is 0. The Kier molecular flexibility index (Phi) is 4.37. The maximum Gasteiger partial charge on any atom is 0.227 e. The molecule has 2 saturated heterocycles. The summed E-state index contributed by atoms with van der Waals surface area (Å²) in [5, 5.41) is 3.31. The second kappa shape index (κ2) is 5.14. The van der Waals surface area contributed by atoms with Crippen LogP contribution in [0.4, 0.5) is 0 Å². The van der Waals surface area contributed by atoms with E-state index in [1.165, 1.54) is 0 Å². The first kappa shape index (κ1) is 12.7. The van der Waals surface area contributed by atoms with Gasteiger partial charge in [0, 0.05) is 25.2 Å². The Morgan fingerprint density at radius 1 is 1.47 bits per heavy atom. The normalized spacial score (nSPS) is 35.3. The minimum Gasteiger partial charge on any atom is -0.341 e. The molecule has 0 saturated carbocycles. The molecular weight excluding hydrogens is 214 g/mol. The molecule has 3 N–H and O–H groups in total. The molecule has 0 aromatic carbocycles. The number of halogens is 1. The lowest BCUT2D eigenvalue weighted by Crippen LogP contribution is -2.40. The highest BCUT2D eigenvalue weighted by Gasteiger charge is 2.34. The molecule has 15 heavy (non-hydrogen) atoms. The van der Waals surface area contributed by atoms with Gasteiger partial charge in [0.1, 0.15) is 0 Å². The van der Waals surface area contributed by atoms with Crippen LogP contribution in [-0.4, -0.2) is 42.5 Å². The van der Waals surface area contributed by atoms with Gasteiger partial charge in [0.05, 0.1) is 5.92 Å². The standard InChI is InChI=1S/C10H19N3O.ClH/c1-7-9(2-4-12-7)10(14)13-5-3-8(11)6-13;/h7-9,12H,2-6,11H2,1H3;1H/t7?,8-,9?;/m0./s1. The van der Waals surface area contributed by atoms with Gasteiger partial charge in [0.15, 0.2) is 0 Å². The maximum absolute atomic E-state index is 12.0. The summed E-state index contributed by atoms with van der Waals surface area (Å²) < 4.78 is 0. The van der Waals surface area contributed by atoms with Crippen molar-refractivity contribution < 1.29 is 4.79 Å². The summed E-state index contributed by atoms with van der Waals surface area (Å²) in [6, 6.07) is 0.531. The van der Waals surface area contributed by atoms with Crippen LogP contribution in [0.1, 0.15) is 19.8 Å². The predicted molar refractivity (Wildman–Crippen MR) is 62.0 cm³/mol. The molecule has 2 rings (SSSR count). The van der Waals surface area contributed by atoms with E-state index < -0.39 is 0 Å². The van der Waals surface area contributed by atoms with Crippen molar-refractivity contribution in [1.82, 2.24) is 10.2 Å². The van der Waals surface area contributed by atoms with Crippen LogP contribution in [0.5, 0.6) is 0 Å². The van der Waals surface area contributed by atoms with E-state index in [1.54, 1.807) is 0 Å². The van der Waals surface area contributed by atoms with Crippen molar-refractivity contribution in [3.05, 3.63) is 0 Å². The molecule has 2 heterocycles. The summed E-state index contributed by atoms with van der Waals surface area (Å²) in [5.74, 6) is 0.482. The number of rotatable bonds is 1. The zero-order valence-electron chi connectivity index (χ0n) is 9.11. The van der Waals surface area contributed by atoms with E-state index in [-0.39, 0.29) is 24.4 Å². The average Bonchev–Trinajstić information content (AvgIpc) is 2.73. The zero-order valence-corrected chi connectivity index (χ0v) is 9.93. The van der Waals surface area contributed by atoms with Crippen molar-refractivity contribution >= 4 is 18.3 Å². The van der Waals surface area contributed by atoms with E-state index in [0.29, 0.717) is 11.9 Å². The summed E-state index contributed by atoms with van der Waals surface area (Å²) in [5.41, 5.74) is 5.79. The lowest BCUT2D eigenvalue weighted by atomic mass is 10.0. The molecule has 88 valence electrons. The number of hydrogen-bond acceptors (Lipinski definition) is 3. The number of nitrogens with zero attached hydrogens (tertiary/aromatic N) is 1. The number of nitrogens with two attached hydrogens (primary N) is 1. The molecular formula is C10H20ClN3O. The fourth-order valence-electron chi connectivity index (χ4n) is 2.42. The lowest BCUT2D eigenvalue weighted by molar-refractivity contribution is -0.134. The van der Waals surface area contributed by atoms with Gasteiger partial charge in [-0.1, -0.05) is 0 Å². The molecule has 0 spiro atoms. The Morgan fingerprint density at radius 3 is 2.67 bits per heavy atom. The minimum absolute atomic E-state index is 0. The smallest absolute Gasteiger partial charge is 0.227 e. The van der Waals surface area contributed by atoms with Crippen molar-refractivity contribution in [2.24, 2.45) is 11.7 Å². The molecule has 0 radical (unpaired) electrons. The van der Waals surface area contributed by atoms with E-state index in [2.05, 4.69) is 12.2 Å². The quantitative estimate of drug-likeness (QED) is 0.669. The van der Waals surface area contributed by atoms with E-state index in [0.717, 1.165) is 32.5 Å². The third-order valence-electron chi connectivity index (χ3n) is 3.38. The number of amides is 1. The third-order valence-corrected chi connectivity index (χ3v) is 3.38. The summed E-state index contributed by atoms with van der Waals surface area (Å²) in [4.78, 5) is 14.0. The van der Waals surface area contributed by atoms with Crippen LogP contribution >= 0.6 is 12.4 Å². The molecule has 1 amide bonds. The SMILES string of the molecule is CC1NCCC1C(=O)N1CC[C@H](N)C1.Cl. The van der Waals surface area contributed by atoms with Crippen LogP contribution in [-0.2, 0) is 4.79 Å². The first-order valence-corrected chi connectivity index (χ1v) is 5.46. The highest BCUT2D eigenvalue weighted by molar-refractivity contribution is 5.85. The first-order valence-electron chi connectivity index (χ1n) is 5.46. The number of nitrogens with one attached hydrogen (secondary N) is 1. The van der Waals surface area contributed by atoms with Crippen LogP contribution in [0.2, 0.25) is 0 Å². The molecule has 3 atom stereocenters. The van der Waals surface area contributed by atoms with Crippen molar-refractivity contribution in [2.45, 2.75) is 31.8 Å². The number of carbonyl (C=O) groups excluding carboxylic acids is 1. The van der Waals surface area contributed by atoms with Gasteiger partial charge in [0.2, 0.25) is 5.91 Å². The second-order valence-corrected chi connectivity index (χ2v) is 4.47. The maximum atomic E-state index is 12.0. The third kappa shape index (κ3) is 2.62. The van der Waals surface area contributed by atoms with Gasteiger partial charge >= 0.3 is 0 Å². The predicted octanol–water partition coefficient (Wildman–Crippen LogP) is -0.0342. The minimum atomic E-state index is 0. The van der Waals surface area contributed by atoms with Crippen LogP contribution in [0.3, 0.4) is 0 Å². The highest BCUT2D eigenvalue weighted by Crippen LogP contribution is 2.20. The van der Waals surface area contributed by atoms with Crippen LogP contribution in [0, 0.1) is 5.92 Å². The summed E-state index contributed by atoms with van der Waals surface area (Å²) in [6.07, 6.45) is 1.94. The van der Waals surface area contributed by atoms with Crippen molar-refractivity contribution in [3.63, 3.8) is 0 Å². The van der Waals surface area contributed by atoms with E-state index in [9.17, 15) is 4.79 Å². The number of hydrogen-bond donors (Lipinski definition) is 2. The van der Waals surface area contributed by atoms with E-state index >= 15 is 0 Å². The summed E-state index contributed by atoms with van der Waals surface area (Å²) >= 11 is 0. The molecule has 2 fully saturated rings. The Morgan fingerprint density at radius 2 is 2.20 bits per heavy atom. The average molecular weight is 234 g/mol. The Hall–Kier alpha value is -0.320. The number of likely N-dealkylation sites (tertiary alicyclic amines) is 1. The Bertz CT molecular complexity index is 237. The molecule has 0 aromatic heterocycles. The molecule has 0 bridgehead atoms. The van der Waals surface area contributed by atoms with E-state index in [4.69, 9.17) is 5.73 Å². The van der Waals surface area contributed by atoms with Gasteiger partial charge in [-0.05, 0) is 26.3 Å². The van der Waals surface area contributed by atoms with E-state index in [1.807, 2.05) is 4.90 Å². The van der Waals surface area contributed by atoms with Crippen molar-refractivity contribution in [2.75, 3.05) is 19.6 Å². The molecule has 0 aromatic rings. The monoisotopic (exact) mass is 233 g/mol. The van der Waals surface area contributed by atoms with Gasteiger partial charge in [-0.25, -0.2) is 0 Å². The Balaban J connectivity index is 0.00000112. The van der Waals surface area contributed by atoms with Crippen LogP contribution in [0.25, 0.3) is 0 Å². The molecule has 5 heteroatoms. The van der Waals surface area contributed by atoms with Crippen molar-refractivity contribution in [3.8, 4) is 0 Å². The Labute approximate surface area is 97.0 Å². The highest BCUT2D eigenvalue weighted by atomic mass is 35.5. The van der Waals surface area contributed by atoms with Gasteiger partial charge in [0.25, 0.3) is 0 Å². The zero-order chi connectivity index (χ0) is 10.1. The molecule has 2 aliphatic heterocycles. The van der Waals surface area contributed by atoms with Gasteiger partial charge < -0.3 is 16.0 Å². The van der Waals surface area contributed by atoms with Gasteiger partial charge in [-0.15, -0.1) is 12.4 Å². The van der Waals surface area contributed by atoms with Gasteiger partial charge in [-0.3, -0.25) is 4.79 Å².